The zero-order chi connectivity index (χ0) is 12.1. The summed E-state index contributed by atoms with van der Waals surface area (Å²) in [5, 5.41) is 12.5. The number of hydrogen-bond donors (Lipinski definition) is 1. The molecular formula is C11H16N2O4. The Balaban J connectivity index is 1.78. The van der Waals surface area contributed by atoms with Gasteiger partial charge in [0.2, 0.25) is 0 Å². The molecule has 0 amide bonds. The molecule has 1 aliphatic heterocycles. The zero-order valence-corrected chi connectivity index (χ0v) is 9.54. The first-order valence-corrected chi connectivity index (χ1v) is 5.72. The highest BCUT2D eigenvalue weighted by molar-refractivity contribution is 5.66. The Bertz CT molecular complexity index is 371. The fraction of sp³-hybridized carbons (Fsp3) is 0.636. The first kappa shape index (κ1) is 11.9. The van der Waals surface area contributed by atoms with Crippen LogP contribution >= 0.6 is 0 Å². The largest absolute Gasteiger partial charge is 0.488 e. The van der Waals surface area contributed by atoms with Gasteiger partial charge in [-0.25, -0.2) is 0 Å². The Morgan fingerprint density at radius 2 is 2.53 bits per heavy atom. The maximum atomic E-state index is 10.5. The van der Waals surface area contributed by atoms with Crippen LogP contribution in [0.25, 0.3) is 0 Å². The van der Waals surface area contributed by atoms with E-state index in [1.165, 1.54) is 17.3 Å². The molecular weight excluding hydrogens is 224 g/mol. The minimum absolute atomic E-state index is 0.145. The molecule has 2 heterocycles. The van der Waals surface area contributed by atoms with Crippen LogP contribution in [0.2, 0.25) is 0 Å². The Kier molecular flexibility index (Phi) is 3.98. The lowest BCUT2D eigenvalue weighted by Crippen LogP contribution is -2.25. The van der Waals surface area contributed by atoms with Gasteiger partial charge < -0.3 is 14.6 Å². The van der Waals surface area contributed by atoms with Gasteiger partial charge in [0.25, 0.3) is 0 Å². The lowest BCUT2D eigenvalue weighted by Gasteiger charge is -2.22. The molecule has 0 spiro atoms. The average Bonchev–Trinajstić information content (AvgIpc) is 2.75. The van der Waals surface area contributed by atoms with E-state index in [1.54, 1.807) is 6.20 Å². The Morgan fingerprint density at radius 1 is 1.65 bits per heavy atom. The molecule has 0 aromatic carbocycles. The van der Waals surface area contributed by atoms with Gasteiger partial charge in [-0.3, -0.25) is 9.48 Å². The highest BCUT2D eigenvalue weighted by Crippen LogP contribution is 2.15. The molecule has 0 aliphatic carbocycles. The van der Waals surface area contributed by atoms with Crippen molar-refractivity contribution in [1.29, 1.82) is 0 Å². The van der Waals surface area contributed by atoms with Crippen molar-refractivity contribution < 1.29 is 19.4 Å². The van der Waals surface area contributed by atoms with E-state index >= 15 is 0 Å². The van der Waals surface area contributed by atoms with E-state index in [0.29, 0.717) is 12.4 Å². The maximum Gasteiger partial charge on any atom is 0.325 e. The van der Waals surface area contributed by atoms with Crippen LogP contribution in [0, 0.1) is 0 Å². The molecule has 17 heavy (non-hydrogen) atoms. The minimum atomic E-state index is -0.921. The molecule has 1 aromatic rings. The zero-order valence-electron chi connectivity index (χ0n) is 9.54. The molecule has 1 aliphatic rings. The van der Waals surface area contributed by atoms with Crippen molar-refractivity contribution in [3.05, 3.63) is 12.4 Å². The van der Waals surface area contributed by atoms with Crippen molar-refractivity contribution >= 4 is 5.97 Å². The number of carboxylic acid groups (broad SMARTS) is 1. The third-order valence-electron chi connectivity index (χ3n) is 2.62. The molecule has 94 valence electrons. The molecule has 2 rings (SSSR count). The third-order valence-corrected chi connectivity index (χ3v) is 2.62. The normalized spacial score (nSPS) is 20.1. The number of carbonyl (C=O) groups is 1. The fourth-order valence-corrected chi connectivity index (χ4v) is 1.77. The van der Waals surface area contributed by atoms with Gasteiger partial charge in [-0.1, -0.05) is 0 Å². The van der Waals surface area contributed by atoms with Crippen molar-refractivity contribution in [1.82, 2.24) is 9.78 Å². The highest BCUT2D eigenvalue weighted by Gasteiger charge is 2.14. The van der Waals surface area contributed by atoms with E-state index in [-0.39, 0.29) is 12.6 Å². The summed E-state index contributed by atoms with van der Waals surface area (Å²) in [5.41, 5.74) is 0. The van der Waals surface area contributed by atoms with Crippen molar-refractivity contribution in [2.75, 3.05) is 13.2 Å². The van der Waals surface area contributed by atoms with Crippen LogP contribution in [0.4, 0.5) is 0 Å². The lowest BCUT2D eigenvalue weighted by atomic mass is 10.1. The summed E-state index contributed by atoms with van der Waals surface area (Å²) >= 11 is 0. The topological polar surface area (TPSA) is 73.6 Å². The smallest absolute Gasteiger partial charge is 0.325 e. The fourth-order valence-electron chi connectivity index (χ4n) is 1.77. The van der Waals surface area contributed by atoms with Crippen LogP contribution in [0.1, 0.15) is 19.3 Å². The third kappa shape index (κ3) is 3.74. The monoisotopic (exact) mass is 240 g/mol. The molecule has 1 saturated heterocycles. The Hall–Kier alpha value is -1.56. The number of nitrogens with zero attached hydrogens (tertiary/aromatic N) is 2. The van der Waals surface area contributed by atoms with Crippen molar-refractivity contribution in [3.63, 3.8) is 0 Å². The van der Waals surface area contributed by atoms with Crippen molar-refractivity contribution in [2.45, 2.75) is 31.9 Å². The maximum absolute atomic E-state index is 10.5. The molecule has 1 unspecified atom stereocenters. The van der Waals surface area contributed by atoms with E-state index in [9.17, 15) is 4.79 Å². The highest BCUT2D eigenvalue weighted by atomic mass is 16.5. The van der Waals surface area contributed by atoms with Gasteiger partial charge in [0, 0.05) is 6.61 Å². The molecule has 6 heteroatoms. The van der Waals surface area contributed by atoms with E-state index < -0.39 is 5.97 Å². The molecule has 1 aromatic heterocycles. The second-order valence-electron chi connectivity index (χ2n) is 4.07. The van der Waals surface area contributed by atoms with Gasteiger partial charge in [-0.05, 0) is 19.3 Å². The molecule has 1 N–H and O–H groups in total. The van der Waals surface area contributed by atoms with Gasteiger partial charge in [0.05, 0.1) is 18.5 Å². The molecule has 1 fully saturated rings. The summed E-state index contributed by atoms with van der Waals surface area (Å²) in [5.74, 6) is -0.337. The van der Waals surface area contributed by atoms with Crippen LogP contribution in [0.15, 0.2) is 12.4 Å². The standard InChI is InChI=1S/C11H16N2O4/c14-11(15)7-13-6-10(5-12-13)17-8-9-3-1-2-4-16-9/h5-6,9H,1-4,7-8H2,(H,14,15). The predicted molar refractivity (Wildman–Crippen MR) is 58.9 cm³/mol. The van der Waals surface area contributed by atoms with E-state index in [2.05, 4.69) is 5.10 Å². The minimum Gasteiger partial charge on any atom is -0.488 e. The van der Waals surface area contributed by atoms with E-state index in [4.69, 9.17) is 14.6 Å². The van der Waals surface area contributed by atoms with E-state index in [1.807, 2.05) is 0 Å². The second-order valence-corrected chi connectivity index (χ2v) is 4.07. The number of carboxylic acids is 1. The summed E-state index contributed by atoms with van der Waals surface area (Å²) < 4.78 is 12.4. The Morgan fingerprint density at radius 3 is 3.24 bits per heavy atom. The quantitative estimate of drug-likeness (QED) is 0.828. The number of ether oxygens (including phenoxy) is 2. The first-order valence-electron chi connectivity index (χ1n) is 5.72. The van der Waals surface area contributed by atoms with E-state index in [0.717, 1.165) is 19.4 Å². The van der Waals surface area contributed by atoms with Crippen molar-refractivity contribution in [3.8, 4) is 5.75 Å². The average molecular weight is 240 g/mol. The molecule has 6 nitrogen and oxygen atoms in total. The van der Waals surface area contributed by atoms with Gasteiger partial charge >= 0.3 is 5.97 Å². The number of hydrogen-bond acceptors (Lipinski definition) is 4. The molecule has 1 atom stereocenters. The lowest BCUT2D eigenvalue weighted by molar-refractivity contribution is -0.137. The summed E-state index contributed by atoms with van der Waals surface area (Å²) in [4.78, 5) is 10.5. The number of rotatable bonds is 5. The summed E-state index contributed by atoms with van der Waals surface area (Å²) in [6.07, 6.45) is 6.55. The summed E-state index contributed by atoms with van der Waals surface area (Å²) in [6, 6.07) is 0. The van der Waals surface area contributed by atoms with Gasteiger partial charge in [-0.2, -0.15) is 5.10 Å². The molecule has 0 saturated carbocycles. The van der Waals surface area contributed by atoms with Crippen LogP contribution in [-0.4, -0.2) is 40.2 Å². The van der Waals surface area contributed by atoms with Crippen molar-refractivity contribution in [2.24, 2.45) is 0 Å². The number of aromatic nitrogens is 2. The Labute approximate surface area is 99.1 Å². The van der Waals surface area contributed by atoms with Gasteiger partial charge in [-0.15, -0.1) is 0 Å². The second kappa shape index (κ2) is 5.67. The molecule has 0 bridgehead atoms. The summed E-state index contributed by atoms with van der Waals surface area (Å²) in [6.45, 7) is 1.15. The van der Waals surface area contributed by atoms with Gasteiger partial charge in [0.15, 0.2) is 5.75 Å². The first-order chi connectivity index (χ1) is 8.24. The predicted octanol–water partition coefficient (Wildman–Crippen LogP) is 0.916. The van der Waals surface area contributed by atoms with Crippen LogP contribution in [0.5, 0.6) is 5.75 Å². The van der Waals surface area contributed by atoms with Gasteiger partial charge in [0.1, 0.15) is 13.2 Å². The molecule has 0 radical (unpaired) electrons. The summed E-state index contributed by atoms with van der Waals surface area (Å²) in [7, 11) is 0. The van der Waals surface area contributed by atoms with Crippen LogP contribution in [0.3, 0.4) is 0 Å². The number of aliphatic carboxylic acids is 1. The SMILES string of the molecule is O=C(O)Cn1cc(OCC2CCCCO2)cn1. The van der Waals surface area contributed by atoms with Crippen LogP contribution in [-0.2, 0) is 16.1 Å². The van der Waals surface area contributed by atoms with Crippen LogP contribution < -0.4 is 4.74 Å².